The first-order valence-electron chi connectivity index (χ1n) is 11.6. The lowest BCUT2D eigenvalue weighted by Gasteiger charge is -2.55. The molecule has 0 aromatic carbocycles. The highest BCUT2D eigenvalue weighted by Crippen LogP contribution is 2.56. The fraction of sp³-hybridized carbons (Fsp3) is 0.760. The normalized spacial score (nSPS) is 43.4. The van der Waals surface area contributed by atoms with E-state index in [-0.39, 0.29) is 23.9 Å². The number of hydrogen-bond donors (Lipinski definition) is 3. The molecule has 2 saturated carbocycles. The summed E-state index contributed by atoms with van der Waals surface area (Å²) in [5, 5.41) is 33.6. The molecular formula is C25H38O6. The SMILES string of the molecule is CC(C)=CC(=O)[C@@]1(O)[C@@H](C)[C@@H]2CC[C@H](C)[C@@H]2C(=O)[C@]1(O)[C@@H](C)CCC1OC(O)C=C1C. The second kappa shape index (κ2) is 8.54. The highest BCUT2D eigenvalue weighted by Gasteiger charge is 2.71. The molecule has 6 nitrogen and oxygen atoms in total. The number of hydrogen-bond acceptors (Lipinski definition) is 6. The highest BCUT2D eigenvalue weighted by atomic mass is 16.6. The largest absolute Gasteiger partial charge is 0.378 e. The first-order valence-corrected chi connectivity index (χ1v) is 11.6. The molecule has 0 aromatic heterocycles. The summed E-state index contributed by atoms with van der Waals surface area (Å²) in [6.07, 6.45) is 4.19. The van der Waals surface area contributed by atoms with E-state index < -0.39 is 40.9 Å². The summed E-state index contributed by atoms with van der Waals surface area (Å²) in [5.74, 6) is -2.55. The molecule has 174 valence electrons. The molecule has 1 aliphatic heterocycles. The molecule has 0 saturated heterocycles. The van der Waals surface area contributed by atoms with E-state index >= 15 is 0 Å². The first kappa shape index (κ1) is 24.3. The van der Waals surface area contributed by atoms with Crippen LogP contribution in [0.5, 0.6) is 0 Å². The average Bonchev–Trinajstić information content (AvgIpc) is 3.23. The topological polar surface area (TPSA) is 104 Å². The molecular weight excluding hydrogens is 396 g/mol. The van der Waals surface area contributed by atoms with Gasteiger partial charge in [0.25, 0.3) is 0 Å². The number of aliphatic hydroxyl groups excluding tert-OH is 1. The third-order valence-corrected chi connectivity index (χ3v) is 8.18. The number of Topliss-reactive ketones (excluding diaryl/α,β-unsaturated/α-hetero) is 1. The molecule has 0 spiro atoms. The van der Waals surface area contributed by atoms with Gasteiger partial charge in [-0.1, -0.05) is 26.3 Å². The number of ether oxygens (including phenoxy) is 1. The molecule has 3 aliphatic rings. The summed E-state index contributed by atoms with van der Waals surface area (Å²) >= 11 is 0. The van der Waals surface area contributed by atoms with Gasteiger partial charge in [0.2, 0.25) is 0 Å². The average molecular weight is 435 g/mol. The van der Waals surface area contributed by atoms with Crippen LogP contribution in [0.3, 0.4) is 0 Å². The van der Waals surface area contributed by atoms with Crippen molar-refractivity contribution in [2.24, 2.45) is 29.6 Å². The van der Waals surface area contributed by atoms with E-state index in [2.05, 4.69) is 0 Å². The van der Waals surface area contributed by atoms with Gasteiger partial charge in [0, 0.05) is 5.92 Å². The van der Waals surface area contributed by atoms with Crippen molar-refractivity contribution in [3.05, 3.63) is 23.3 Å². The Balaban J connectivity index is 1.98. The van der Waals surface area contributed by atoms with Crippen LogP contribution in [0.15, 0.2) is 23.3 Å². The van der Waals surface area contributed by atoms with Crippen LogP contribution in [0.25, 0.3) is 0 Å². The van der Waals surface area contributed by atoms with Gasteiger partial charge in [0.05, 0.1) is 6.10 Å². The van der Waals surface area contributed by atoms with Crippen molar-refractivity contribution >= 4 is 11.6 Å². The van der Waals surface area contributed by atoms with E-state index in [1.807, 2.05) is 13.8 Å². The van der Waals surface area contributed by atoms with Crippen LogP contribution in [-0.2, 0) is 14.3 Å². The van der Waals surface area contributed by atoms with Crippen molar-refractivity contribution < 1.29 is 29.6 Å². The molecule has 6 heteroatoms. The summed E-state index contributed by atoms with van der Waals surface area (Å²) in [5.41, 5.74) is -2.74. The summed E-state index contributed by atoms with van der Waals surface area (Å²) in [7, 11) is 0. The van der Waals surface area contributed by atoms with Gasteiger partial charge in [0.15, 0.2) is 29.1 Å². The maximum absolute atomic E-state index is 13.8. The predicted molar refractivity (Wildman–Crippen MR) is 117 cm³/mol. The van der Waals surface area contributed by atoms with Crippen LogP contribution in [0.1, 0.15) is 67.2 Å². The second-order valence-corrected chi connectivity index (χ2v) is 10.4. The van der Waals surface area contributed by atoms with Gasteiger partial charge >= 0.3 is 0 Å². The summed E-state index contributed by atoms with van der Waals surface area (Å²) in [6, 6.07) is 0. The van der Waals surface area contributed by atoms with Gasteiger partial charge in [0.1, 0.15) is 0 Å². The Kier molecular flexibility index (Phi) is 6.70. The highest BCUT2D eigenvalue weighted by molar-refractivity contribution is 6.06. The number of fused-ring (bicyclic) bond motifs is 1. The maximum atomic E-state index is 13.8. The molecule has 9 atom stereocenters. The molecule has 0 bridgehead atoms. The van der Waals surface area contributed by atoms with Crippen LogP contribution in [0, 0.1) is 29.6 Å². The minimum absolute atomic E-state index is 0.111. The fourth-order valence-corrected chi connectivity index (χ4v) is 6.31. The molecule has 0 amide bonds. The Morgan fingerprint density at radius 1 is 1.29 bits per heavy atom. The number of ketones is 2. The molecule has 2 aliphatic carbocycles. The van der Waals surface area contributed by atoms with Gasteiger partial charge in [-0.05, 0) is 87.9 Å². The molecule has 0 radical (unpaired) electrons. The van der Waals surface area contributed by atoms with E-state index in [1.54, 1.807) is 33.8 Å². The summed E-state index contributed by atoms with van der Waals surface area (Å²) in [6.45, 7) is 10.9. The molecule has 31 heavy (non-hydrogen) atoms. The van der Waals surface area contributed by atoms with E-state index in [1.165, 1.54) is 6.08 Å². The third kappa shape index (κ3) is 3.75. The molecule has 0 aromatic rings. The number of allylic oxidation sites excluding steroid dienone is 1. The lowest BCUT2D eigenvalue weighted by Crippen LogP contribution is -2.75. The zero-order valence-corrected chi connectivity index (χ0v) is 19.6. The molecule has 2 unspecified atom stereocenters. The Hall–Kier alpha value is -1.34. The van der Waals surface area contributed by atoms with E-state index in [4.69, 9.17) is 4.74 Å². The Morgan fingerprint density at radius 3 is 2.48 bits per heavy atom. The van der Waals surface area contributed by atoms with Gasteiger partial charge in [-0.3, -0.25) is 9.59 Å². The molecule has 3 rings (SSSR count). The minimum Gasteiger partial charge on any atom is -0.378 e. The van der Waals surface area contributed by atoms with E-state index in [0.29, 0.717) is 18.4 Å². The van der Waals surface area contributed by atoms with Crippen LogP contribution < -0.4 is 0 Å². The number of carbonyl (C=O) groups is 2. The number of aliphatic hydroxyl groups is 3. The van der Waals surface area contributed by atoms with E-state index in [9.17, 15) is 24.9 Å². The van der Waals surface area contributed by atoms with E-state index in [0.717, 1.165) is 18.4 Å². The fourth-order valence-electron chi connectivity index (χ4n) is 6.31. The minimum atomic E-state index is -2.18. The maximum Gasteiger partial charge on any atom is 0.190 e. The van der Waals surface area contributed by atoms with Gasteiger partial charge in [-0.15, -0.1) is 0 Å². The number of carbonyl (C=O) groups excluding carboxylic acids is 2. The molecule has 1 heterocycles. The molecule has 2 fully saturated rings. The smallest absolute Gasteiger partial charge is 0.190 e. The van der Waals surface area contributed by atoms with Crippen LogP contribution in [0.2, 0.25) is 0 Å². The summed E-state index contributed by atoms with van der Waals surface area (Å²) < 4.78 is 5.49. The van der Waals surface area contributed by atoms with Crippen molar-refractivity contribution in [3.63, 3.8) is 0 Å². The predicted octanol–water partition coefficient (Wildman–Crippen LogP) is 2.94. The van der Waals surface area contributed by atoms with Gasteiger partial charge < -0.3 is 20.1 Å². The lowest BCUT2D eigenvalue weighted by atomic mass is 9.52. The second-order valence-electron chi connectivity index (χ2n) is 10.4. The van der Waals surface area contributed by atoms with Crippen molar-refractivity contribution in [3.8, 4) is 0 Å². The van der Waals surface area contributed by atoms with Crippen molar-refractivity contribution in [2.45, 2.75) is 90.8 Å². The third-order valence-electron chi connectivity index (χ3n) is 8.18. The Morgan fingerprint density at radius 2 is 1.94 bits per heavy atom. The number of rotatable bonds is 6. The first-order chi connectivity index (χ1) is 14.4. The van der Waals surface area contributed by atoms with Gasteiger partial charge in [-0.25, -0.2) is 0 Å². The van der Waals surface area contributed by atoms with Gasteiger partial charge in [-0.2, -0.15) is 0 Å². The zero-order valence-electron chi connectivity index (χ0n) is 19.6. The Labute approximate surface area is 185 Å². The quantitative estimate of drug-likeness (QED) is 0.439. The lowest BCUT2D eigenvalue weighted by molar-refractivity contribution is -0.226. The standard InChI is InChI=1S/C25H38O6/c1-13(2)11-20(26)25(30)17(6)18-9-7-14(3)22(18)23(28)24(25,29)16(5)8-10-19-15(4)12-21(27)31-19/h11-12,14,16-19,21-22,27,29-30H,7-10H2,1-6H3/t14-,16-,17-,18-,19?,21?,22-,24+,25-/m0/s1. The van der Waals surface area contributed by atoms with Crippen LogP contribution in [-0.4, -0.2) is 50.5 Å². The Bertz CT molecular complexity index is 796. The monoisotopic (exact) mass is 434 g/mol. The van der Waals surface area contributed by atoms with Crippen molar-refractivity contribution in [2.75, 3.05) is 0 Å². The molecule has 3 N–H and O–H groups in total. The van der Waals surface area contributed by atoms with Crippen LogP contribution in [0.4, 0.5) is 0 Å². The van der Waals surface area contributed by atoms with Crippen molar-refractivity contribution in [1.82, 2.24) is 0 Å². The van der Waals surface area contributed by atoms with Crippen molar-refractivity contribution in [1.29, 1.82) is 0 Å². The van der Waals surface area contributed by atoms with Crippen LogP contribution >= 0.6 is 0 Å². The zero-order chi connectivity index (χ0) is 23.3. The summed E-state index contributed by atoms with van der Waals surface area (Å²) in [4.78, 5) is 27.1.